The van der Waals surface area contributed by atoms with Crippen molar-refractivity contribution in [1.82, 2.24) is 10.2 Å². The van der Waals surface area contributed by atoms with Gasteiger partial charge in [0.1, 0.15) is 0 Å². The minimum atomic E-state index is 0. The highest BCUT2D eigenvalue weighted by atomic mass is 35.5. The molecule has 1 amide bonds. The zero-order chi connectivity index (χ0) is 12.3. The number of nitrogens with zero attached hydrogens (tertiary/aromatic N) is 1. The molecule has 0 aromatic rings. The molecule has 1 aliphatic carbocycles. The van der Waals surface area contributed by atoms with Gasteiger partial charge < -0.3 is 10.2 Å². The molecule has 0 radical (unpaired) electrons. The Bertz CT molecular complexity index is 271. The fourth-order valence-corrected chi connectivity index (χ4v) is 2.89. The summed E-state index contributed by atoms with van der Waals surface area (Å²) in [4.78, 5) is 14.5. The number of hydrogen-bond acceptors (Lipinski definition) is 2. The standard InChI is InChI=1S/C14H26N2O.ClH/c1-3-14(7-8-14)13(17)16-9-5-12(6-10-16)11-15-4-2;/h12,15H,3-11H2,1-2H3;1H. The molecule has 0 atom stereocenters. The van der Waals surface area contributed by atoms with Gasteiger partial charge in [-0.1, -0.05) is 13.8 Å². The minimum Gasteiger partial charge on any atom is -0.342 e. The predicted molar refractivity (Wildman–Crippen MR) is 77.1 cm³/mol. The Morgan fingerprint density at radius 3 is 2.33 bits per heavy atom. The fourth-order valence-electron chi connectivity index (χ4n) is 2.89. The lowest BCUT2D eigenvalue weighted by atomic mass is 9.94. The number of hydrogen-bond donors (Lipinski definition) is 1. The first kappa shape index (κ1) is 15.8. The van der Waals surface area contributed by atoms with E-state index in [0.29, 0.717) is 5.91 Å². The maximum absolute atomic E-state index is 12.3. The normalized spacial score (nSPS) is 22.4. The summed E-state index contributed by atoms with van der Waals surface area (Å²) in [7, 11) is 0. The number of amides is 1. The molecule has 0 unspecified atom stereocenters. The molecule has 2 aliphatic rings. The maximum Gasteiger partial charge on any atom is 0.228 e. The lowest BCUT2D eigenvalue weighted by Gasteiger charge is -2.34. The van der Waals surface area contributed by atoms with Crippen molar-refractivity contribution < 1.29 is 4.79 Å². The first-order valence-electron chi connectivity index (χ1n) is 7.22. The van der Waals surface area contributed by atoms with Crippen LogP contribution in [-0.2, 0) is 4.79 Å². The third-order valence-electron chi connectivity index (χ3n) is 4.57. The molecule has 1 saturated heterocycles. The molecule has 2 rings (SSSR count). The number of halogens is 1. The third kappa shape index (κ3) is 3.39. The second-order valence-corrected chi connectivity index (χ2v) is 5.68. The van der Waals surface area contributed by atoms with E-state index in [9.17, 15) is 4.79 Å². The van der Waals surface area contributed by atoms with Crippen LogP contribution >= 0.6 is 12.4 Å². The molecule has 2 fully saturated rings. The van der Waals surface area contributed by atoms with E-state index in [0.717, 1.165) is 51.4 Å². The molecule has 3 nitrogen and oxygen atoms in total. The second-order valence-electron chi connectivity index (χ2n) is 5.68. The summed E-state index contributed by atoms with van der Waals surface area (Å²) in [6, 6.07) is 0. The van der Waals surface area contributed by atoms with Crippen molar-refractivity contribution in [2.24, 2.45) is 11.3 Å². The summed E-state index contributed by atoms with van der Waals surface area (Å²) in [6.45, 7) is 8.45. The fraction of sp³-hybridized carbons (Fsp3) is 0.929. The van der Waals surface area contributed by atoms with Crippen LogP contribution in [0.5, 0.6) is 0 Å². The summed E-state index contributed by atoms with van der Waals surface area (Å²) in [5.74, 6) is 1.22. The summed E-state index contributed by atoms with van der Waals surface area (Å²) < 4.78 is 0. The Morgan fingerprint density at radius 1 is 1.28 bits per heavy atom. The molecule has 1 saturated carbocycles. The van der Waals surface area contributed by atoms with Gasteiger partial charge in [-0.3, -0.25) is 4.79 Å². The molecule has 1 aliphatic heterocycles. The van der Waals surface area contributed by atoms with E-state index in [1.54, 1.807) is 0 Å². The lowest BCUT2D eigenvalue weighted by Crippen LogP contribution is -2.44. The van der Waals surface area contributed by atoms with E-state index in [2.05, 4.69) is 24.1 Å². The molecular formula is C14H27ClN2O. The van der Waals surface area contributed by atoms with Crippen LogP contribution < -0.4 is 5.32 Å². The van der Waals surface area contributed by atoms with Gasteiger partial charge in [-0.2, -0.15) is 0 Å². The van der Waals surface area contributed by atoms with Gasteiger partial charge in [0.2, 0.25) is 5.91 Å². The van der Waals surface area contributed by atoms with Crippen LogP contribution in [-0.4, -0.2) is 37.0 Å². The second kappa shape index (κ2) is 6.76. The number of likely N-dealkylation sites (tertiary alicyclic amines) is 1. The Morgan fingerprint density at radius 2 is 1.89 bits per heavy atom. The van der Waals surface area contributed by atoms with E-state index >= 15 is 0 Å². The summed E-state index contributed by atoms with van der Waals surface area (Å²) >= 11 is 0. The first-order chi connectivity index (χ1) is 8.22. The van der Waals surface area contributed by atoms with Crippen molar-refractivity contribution >= 4 is 18.3 Å². The molecule has 4 heteroatoms. The summed E-state index contributed by atoms with van der Waals surface area (Å²) in [5.41, 5.74) is 0.0640. The van der Waals surface area contributed by atoms with Gasteiger partial charge >= 0.3 is 0 Å². The van der Waals surface area contributed by atoms with Crippen LogP contribution in [0.4, 0.5) is 0 Å². The zero-order valence-corrected chi connectivity index (χ0v) is 12.5. The molecule has 1 heterocycles. The summed E-state index contributed by atoms with van der Waals surface area (Å²) in [6.07, 6.45) is 5.64. The van der Waals surface area contributed by atoms with Gasteiger partial charge in [0.05, 0.1) is 0 Å². The molecule has 0 aromatic carbocycles. The van der Waals surface area contributed by atoms with Crippen molar-refractivity contribution in [3.63, 3.8) is 0 Å². The Balaban J connectivity index is 0.00000162. The highest BCUT2D eigenvalue weighted by Gasteiger charge is 2.50. The monoisotopic (exact) mass is 274 g/mol. The van der Waals surface area contributed by atoms with Crippen LogP contribution in [0.3, 0.4) is 0 Å². The molecule has 1 N–H and O–H groups in total. The van der Waals surface area contributed by atoms with E-state index in [-0.39, 0.29) is 17.8 Å². The van der Waals surface area contributed by atoms with Crippen molar-refractivity contribution in [1.29, 1.82) is 0 Å². The first-order valence-corrected chi connectivity index (χ1v) is 7.22. The van der Waals surface area contributed by atoms with Crippen LogP contribution in [0.25, 0.3) is 0 Å². The van der Waals surface area contributed by atoms with E-state index in [1.165, 1.54) is 12.8 Å². The third-order valence-corrected chi connectivity index (χ3v) is 4.57. The van der Waals surface area contributed by atoms with Crippen molar-refractivity contribution in [2.75, 3.05) is 26.2 Å². The zero-order valence-electron chi connectivity index (χ0n) is 11.7. The van der Waals surface area contributed by atoms with Crippen molar-refractivity contribution in [2.45, 2.75) is 46.0 Å². The average molecular weight is 275 g/mol. The highest BCUT2D eigenvalue weighted by molar-refractivity contribution is 5.85. The van der Waals surface area contributed by atoms with Crippen LogP contribution in [0, 0.1) is 11.3 Å². The van der Waals surface area contributed by atoms with E-state index in [4.69, 9.17) is 0 Å². The SMILES string of the molecule is CCNCC1CCN(C(=O)C2(CC)CC2)CC1.Cl. The van der Waals surface area contributed by atoms with Gasteiger partial charge in [0, 0.05) is 18.5 Å². The van der Waals surface area contributed by atoms with Crippen molar-refractivity contribution in [3.05, 3.63) is 0 Å². The largest absolute Gasteiger partial charge is 0.342 e. The Kier molecular flexibility index (Phi) is 5.93. The van der Waals surface area contributed by atoms with Gasteiger partial charge in [-0.05, 0) is 51.1 Å². The topological polar surface area (TPSA) is 32.3 Å². The Hall–Kier alpha value is -0.280. The smallest absolute Gasteiger partial charge is 0.228 e. The van der Waals surface area contributed by atoms with Gasteiger partial charge in [-0.25, -0.2) is 0 Å². The maximum atomic E-state index is 12.3. The number of piperidine rings is 1. The van der Waals surface area contributed by atoms with Gasteiger partial charge in [-0.15, -0.1) is 12.4 Å². The van der Waals surface area contributed by atoms with Crippen molar-refractivity contribution in [3.8, 4) is 0 Å². The molecule has 0 spiro atoms. The predicted octanol–water partition coefficient (Wildman–Crippen LogP) is 2.45. The number of rotatable bonds is 5. The van der Waals surface area contributed by atoms with Crippen LogP contribution in [0.15, 0.2) is 0 Å². The number of nitrogens with one attached hydrogen (secondary N) is 1. The number of carbonyl (C=O) groups excluding carboxylic acids is 1. The Labute approximate surface area is 117 Å². The number of carbonyl (C=O) groups is 1. The van der Waals surface area contributed by atoms with E-state index < -0.39 is 0 Å². The molecule has 106 valence electrons. The van der Waals surface area contributed by atoms with Gasteiger partial charge in [0.15, 0.2) is 0 Å². The van der Waals surface area contributed by atoms with Crippen LogP contribution in [0.2, 0.25) is 0 Å². The lowest BCUT2D eigenvalue weighted by molar-refractivity contribution is -0.138. The average Bonchev–Trinajstić information content (AvgIpc) is 3.17. The molecule has 0 aromatic heterocycles. The summed E-state index contributed by atoms with van der Waals surface area (Å²) in [5, 5.41) is 3.41. The quantitative estimate of drug-likeness (QED) is 0.835. The van der Waals surface area contributed by atoms with E-state index in [1.807, 2.05) is 0 Å². The highest BCUT2D eigenvalue weighted by Crippen LogP contribution is 2.50. The molecule has 0 bridgehead atoms. The van der Waals surface area contributed by atoms with Crippen LogP contribution in [0.1, 0.15) is 46.0 Å². The van der Waals surface area contributed by atoms with Gasteiger partial charge in [0.25, 0.3) is 0 Å². The minimum absolute atomic E-state index is 0. The molecular weight excluding hydrogens is 248 g/mol. The molecule has 18 heavy (non-hydrogen) atoms.